The molecule has 104 valence electrons. The maximum absolute atomic E-state index is 5.90. The summed E-state index contributed by atoms with van der Waals surface area (Å²) < 4.78 is 5.90. The van der Waals surface area contributed by atoms with Gasteiger partial charge in [-0.3, -0.25) is 4.90 Å². The Bertz CT molecular complexity index is 291. The summed E-state index contributed by atoms with van der Waals surface area (Å²) in [6.45, 7) is 7.98. The van der Waals surface area contributed by atoms with Crippen LogP contribution < -0.4 is 0 Å². The molecule has 3 aliphatic rings. The molecule has 0 bridgehead atoms. The molecule has 1 heterocycles. The molecular weight excluding hydrogens is 222 g/mol. The van der Waals surface area contributed by atoms with Crippen LogP contribution in [0.25, 0.3) is 0 Å². The van der Waals surface area contributed by atoms with Gasteiger partial charge >= 0.3 is 0 Å². The predicted molar refractivity (Wildman–Crippen MR) is 74.8 cm³/mol. The van der Waals surface area contributed by atoms with Crippen molar-refractivity contribution in [2.75, 3.05) is 19.7 Å². The van der Waals surface area contributed by atoms with Gasteiger partial charge in [0.05, 0.1) is 12.7 Å². The van der Waals surface area contributed by atoms with Gasteiger partial charge in [0.15, 0.2) is 0 Å². The minimum atomic E-state index is 0.390. The number of rotatable bonds is 5. The Balaban J connectivity index is 1.57. The fourth-order valence-electron chi connectivity index (χ4n) is 3.82. The van der Waals surface area contributed by atoms with E-state index >= 15 is 0 Å². The highest BCUT2D eigenvalue weighted by molar-refractivity contribution is 5.04. The van der Waals surface area contributed by atoms with Crippen LogP contribution in [0.2, 0.25) is 0 Å². The minimum absolute atomic E-state index is 0.390. The smallest absolute Gasteiger partial charge is 0.0538 e. The summed E-state index contributed by atoms with van der Waals surface area (Å²) in [4.78, 5) is 2.86. The molecule has 0 aromatic rings. The van der Waals surface area contributed by atoms with Crippen LogP contribution in [-0.2, 0) is 4.74 Å². The number of hydrogen-bond donors (Lipinski definition) is 0. The van der Waals surface area contributed by atoms with Gasteiger partial charge < -0.3 is 4.74 Å². The molecule has 2 heteroatoms. The summed E-state index contributed by atoms with van der Waals surface area (Å²) in [5.74, 6) is 0. The van der Waals surface area contributed by atoms with Crippen LogP contribution in [0.1, 0.15) is 65.2 Å². The van der Waals surface area contributed by atoms with Gasteiger partial charge in [-0.15, -0.1) is 0 Å². The van der Waals surface area contributed by atoms with E-state index < -0.39 is 0 Å². The van der Waals surface area contributed by atoms with Gasteiger partial charge in [-0.2, -0.15) is 0 Å². The summed E-state index contributed by atoms with van der Waals surface area (Å²) in [5.41, 5.74) is 1.16. The Morgan fingerprint density at radius 2 is 1.72 bits per heavy atom. The molecule has 0 amide bonds. The highest BCUT2D eigenvalue weighted by atomic mass is 16.5. The first-order chi connectivity index (χ1) is 8.64. The normalized spacial score (nSPS) is 29.5. The Labute approximate surface area is 112 Å². The van der Waals surface area contributed by atoms with Crippen molar-refractivity contribution >= 4 is 0 Å². The molecule has 2 nitrogen and oxygen atoms in total. The third-order valence-electron chi connectivity index (χ3n) is 5.48. The minimum Gasteiger partial charge on any atom is -0.378 e. The topological polar surface area (TPSA) is 12.5 Å². The quantitative estimate of drug-likeness (QED) is 0.740. The Morgan fingerprint density at radius 1 is 1.00 bits per heavy atom. The van der Waals surface area contributed by atoms with Crippen molar-refractivity contribution in [2.45, 2.75) is 76.9 Å². The molecule has 0 aromatic heterocycles. The Morgan fingerprint density at radius 3 is 2.28 bits per heavy atom. The molecule has 1 aliphatic heterocycles. The zero-order valence-corrected chi connectivity index (χ0v) is 12.2. The van der Waals surface area contributed by atoms with Crippen molar-refractivity contribution in [1.29, 1.82) is 0 Å². The molecule has 1 saturated heterocycles. The summed E-state index contributed by atoms with van der Waals surface area (Å²) in [6, 6.07) is 0. The molecule has 0 N–H and O–H groups in total. The lowest BCUT2D eigenvalue weighted by atomic mass is 9.70. The average molecular weight is 251 g/mol. The molecule has 2 aliphatic carbocycles. The fourth-order valence-corrected chi connectivity index (χ4v) is 3.82. The lowest BCUT2D eigenvalue weighted by molar-refractivity contribution is -0.0459. The monoisotopic (exact) mass is 251 g/mol. The van der Waals surface area contributed by atoms with Crippen LogP contribution in [0.4, 0.5) is 0 Å². The van der Waals surface area contributed by atoms with E-state index in [0.717, 1.165) is 6.61 Å². The second-order valence-corrected chi connectivity index (χ2v) is 7.32. The van der Waals surface area contributed by atoms with E-state index in [9.17, 15) is 0 Å². The molecule has 18 heavy (non-hydrogen) atoms. The summed E-state index contributed by atoms with van der Waals surface area (Å²) in [6.07, 6.45) is 11.9. The second-order valence-electron chi connectivity index (χ2n) is 7.32. The molecule has 0 radical (unpaired) electrons. The lowest BCUT2D eigenvalue weighted by Gasteiger charge is -2.54. The fraction of sp³-hybridized carbons (Fsp3) is 1.00. The number of piperidine rings is 1. The largest absolute Gasteiger partial charge is 0.378 e. The first-order valence-electron chi connectivity index (χ1n) is 8.01. The van der Waals surface area contributed by atoms with Crippen molar-refractivity contribution in [3.8, 4) is 0 Å². The summed E-state index contributed by atoms with van der Waals surface area (Å²) in [7, 11) is 0. The van der Waals surface area contributed by atoms with E-state index in [1.807, 2.05) is 0 Å². The Hall–Kier alpha value is -0.0800. The van der Waals surface area contributed by atoms with Crippen molar-refractivity contribution < 1.29 is 4.74 Å². The van der Waals surface area contributed by atoms with Crippen LogP contribution in [0.5, 0.6) is 0 Å². The van der Waals surface area contributed by atoms with Crippen LogP contribution in [0.3, 0.4) is 0 Å². The molecule has 0 aromatic carbocycles. The van der Waals surface area contributed by atoms with E-state index in [1.54, 1.807) is 0 Å². The van der Waals surface area contributed by atoms with Gasteiger partial charge in [-0.25, -0.2) is 0 Å². The molecule has 3 rings (SSSR count). The van der Waals surface area contributed by atoms with Crippen LogP contribution in [0.15, 0.2) is 0 Å². The third-order valence-corrected chi connectivity index (χ3v) is 5.48. The van der Waals surface area contributed by atoms with Gasteiger partial charge in [0.1, 0.15) is 0 Å². The SMILES string of the molecule is CC(C)OCC1(CN2CCCCC23CCC3)CC1. The first kappa shape index (κ1) is 12.9. The zero-order valence-electron chi connectivity index (χ0n) is 12.2. The van der Waals surface area contributed by atoms with Gasteiger partial charge in [-0.1, -0.05) is 6.42 Å². The van der Waals surface area contributed by atoms with Gasteiger partial charge in [0.25, 0.3) is 0 Å². The van der Waals surface area contributed by atoms with Gasteiger partial charge in [0, 0.05) is 17.5 Å². The van der Waals surface area contributed by atoms with Crippen molar-refractivity contribution in [3.63, 3.8) is 0 Å². The van der Waals surface area contributed by atoms with Gasteiger partial charge in [-0.05, 0) is 65.3 Å². The van der Waals surface area contributed by atoms with E-state index in [2.05, 4.69) is 18.7 Å². The molecule has 0 atom stereocenters. The van der Waals surface area contributed by atoms with Crippen LogP contribution in [0, 0.1) is 5.41 Å². The van der Waals surface area contributed by atoms with Crippen LogP contribution in [-0.4, -0.2) is 36.2 Å². The highest BCUT2D eigenvalue weighted by Crippen LogP contribution is 2.51. The molecular formula is C16H29NO. The van der Waals surface area contributed by atoms with E-state index in [4.69, 9.17) is 4.74 Å². The van der Waals surface area contributed by atoms with Gasteiger partial charge in [0.2, 0.25) is 0 Å². The molecule has 1 spiro atoms. The number of hydrogen-bond acceptors (Lipinski definition) is 2. The summed E-state index contributed by atoms with van der Waals surface area (Å²) >= 11 is 0. The highest BCUT2D eigenvalue weighted by Gasteiger charge is 2.50. The van der Waals surface area contributed by atoms with Crippen molar-refractivity contribution in [1.82, 2.24) is 4.90 Å². The third kappa shape index (κ3) is 2.46. The maximum atomic E-state index is 5.90. The van der Waals surface area contributed by atoms with E-state index in [-0.39, 0.29) is 0 Å². The number of likely N-dealkylation sites (tertiary alicyclic amines) is 1. The van der Waals surface area contributed by atoms with Crippen LogP contribution >= 0.6 is 0 Å². The van der Waals surface area contributed by atoms with E-state index in [0.29, 0.717) is 17.1 Å². The number of ether oxygens (including phenoxy) is 1. The van der Waals surface area contributed by atoms with E-state index in [1.165, 1.54) is 64.5 Å². The first-order valence-corrected chi connectivity index (χ1v) is 8.01. The predicted octanol–water partition coefficient (Wildman–Crippen LogP) is 3.60. The average Bonchev–Trinajstić information content (AvgIpc) is 3.06. The van der Waals surface area contributed by atoms with Crippen molar-refractivity contribution in [3.05, 3.63) is 0 Å². The maximum Gasteiger partial charge on any atom is 0.0538 e. The Kier molecular flexibility index (Phi) is 3.44. The lowest BCUT2D eigenvalue weighted by Crippen LogP contribution is -2.58. The standard InChI is InChI=1S/C16H29NO/c1-14(2)18-13-15(9-10-15)12-17-11-4-3-6-16(17)7-5-8-16/h14H,3-13H2,1-2H3. The number of nitrogens with zero attached hydrogens (tertiary/aromatic N) is 1. The van der Waals surface area contributed by atoms with Crippen molar-refractivity contribution in [2.24, 2.45) is 5.41 Å². The molecule has 2 saturated carbocycles. The zero-order chi connectivity index (χ0) is 12.6. The molecule has 0 unspecified atom stereocenters. The molecule has 3 fully saturated rings. The summed E-state index contributed by atoms with van der Waals surface area (Å²) in [5, 5.41) is 0. The second kappa shape index (κ2) is 4.79.